The first-order valence-corrected chi connectivity index (χ1v) is 5.39. The Balaban J connectivity index is 2.93. The van der Waals surface area contributed by atoms with E-state index < -0.39 is 24.5 Å². The summed E-state index contributed by atoms with van der Waals surface area (Å²) in [5, 5.41) is 2.72. The summed E-state index contributed by atoms with van der Waals surface area (Å²) in [4.78, 5) is 0. The van der Waals surface area contributed by atoms with Gasteiger partial charge in [-0.25, -0.2) is 4.39 Å². The third-order valence-corrected chi connectivity index (χ3v) is 2.48. The molecule has 96 valence electrons. The van der Waals surface area contributed by atoms with Gasteiger partial charge >= 0.3 is 6.18 Å². The maximum atomic E-state index is 13.3. The lowest BCUT2D eigenvalue weighted by atomic mass is 10.0. The molecule has 0 bridgehead atoms. The fraction of sp³-hybridized carbons (Fsp3) is 0.500. The monoisotopic (exact) mass is 249 g/mol. The van der Waals surface area contributed by atoms with E-state index in [0.717, 1.165) is 6.07 Å². The second-order valence-corrected chi connectivity index (χ2v) is 3.94. The number of aryl methyl sites for hydroxylation is 1. The van der Waals surface area contributed by atoms with Crippen LogP contribution in [0.15, 0.2) is 18.2 Å². The van der Waals surface area contributed by atoms with Gasteiger partial charge in [0.05, 0.1) is 6.42 Å². The molecule has 0 aliphatic carbocycles. The van der Waals surface area contributed by atoms with Crippen molar-refractivity contribution >= 4 is 0 Å². The molecule has 1 aromatic rings. The highest BCUT2D eigenvalue weighted by molar-refractivity contribution is 5.26. The van der Waals surface area contributed by atoms with E-state index in [1.165, 1.54) is 12.1 Å². The number of benzene rings is 1. The summed E-state index contributed by atoms with van der Waals surface area (Å²) in [5.74, 6) is -0.479. The zero-order chi connectivity index (χ0) is 13.1. The molecule has 0 aliphatic rings. The number of halogens is 4. The highest BCUT2D eigenvalue weighted by atomic mass is 19.4. The average Bonchev–Trinajstić information content (AvgIpc) is 2.19. The summed E-state index contributed by atoms with van der Waals surface area (Å²) in [6.45, 7) is 3.69. The summed E-state index contributed by atoms with van der Waals surface area (Å²) in [5.41, 5.74) is 0.753. The maximum Gasteiger partial charge on any atom is 0.390 e. The lowest BCUT2D eigenvalue weighted by Crippen LogP contribution is -2.26. The standard InChI is InChI=1S/C12H15F4N/c1-3-17-11(7-12(14,15)16)9-5-4-8(2)10(13)6-9/h4-6,11,17H,3,7H2,1-2H3. The predicted octanol–water partition coefficient (Wildman–Crippen LogP) is 3.74. The summed E-state index contributed by atoms with van der Waals surface area (Å²) in [6, 6.07) is 3.28. The van der Waals surface area contributed by atoms with E-state index in [-0.39, 0.29) is 0 Å². The minimum atomic E-state index is -4.27. The van der Waals surface area contributed by atoms with Gasteiger partial charge in [-0.05, 0) is 30.7 Å². The molecule has 0 amide bonds. The van der Waals surface area contributed by atoms with Crippen molar-refractivity contribution < 1.29 is 17.6 Å². The van der Waals surface area contributed by atoms with E-state index in [1.54, 1.807) is 13.8 Å². The van der Waals surface area contributed by atoms with Crippen LogP contribution in [0.4, 0.5) is 17.6 Å². The molecule has 0 spiro atoms. The van der Waals surface area contributed by atoms with Crippen LogP contribution in [0.1, 0.15) is 30.5 Å². The van der Waals surface area contributed by atoms with Gasteiger partial charge in [-0.3, -0.25) is 0 Å². The average molecular weight is 249 g/mol. The first-order valence-electron chi connectivity index (χ1n) is 5.39. The van der Waals surface area contributed by atoms with E-state index >= 15 is 0 Å². The Labute approximate surface area is 97.8 Å². The molecule has 1 unspecified atom stereocenters. The number of hydrogen-bond donors (Lipinski definition) is 1. The minimum absolute atomic E-state index is 0.326. The highest BCUT2D eigenvalue weighted by Crippen LogP contribution is 2.30. The lowest BCUT2D eigenvalue weighted by molar-refractivity contribution is -0.140. The second-order valence-electron chi connectivity index (χ2n) is 3.94. The fourth-order valence-corrected chi connectivity index (χ4v) is 1.61. The molecule has 0 saturated carbocycles. The van der Waals surface area contributed by atoms with Crippen LogP contribution in [0, 0.1) is 12.7 Å². The van der Waals surface area contributed by atoms with Crippen LogP contribution < -0.4 is 5.32 Å². The molecule has 1 aromatic carbocycles. The second kappa shape index (κ2) is 5.49. The molecule has 5 heteroatoms. The van der Waals surface area contributed by atoms with Crippen molar-refractivity contribution in [3.05, 3.63) is 35.1 Å². The first-order chi connectivity index (χ1) is 7.83. The summed E-state index contributed by atoms with van der Waals surface area (Å²) in [7, 11) is 0. The quantitative estimate of drug-likeness (QED) is 0.801. The van der Waals surface area contributed by atoms with Crippen LogP contribution in [0.3, 0.4) is 0 Å². The largest absolute Gasteiger partial charge is 0.390 e. The van der Waals surface area contributed by atoms with Crippen LogP contribution in [-0.4, -0.2) is 12.7 Å². The fourth-order valence-electron chi connectivity index (χ4n) is 1.61. The molecule has 0 aromatic heterocycles. The molecule has 0 radical (unpaired) electrons. The molecule has 0 saturated heterocycles. The van der Waals surface area contributed by atoms with Crippen LogP contribution in [0.5, 0.6) is 0 Å². The predicted molar refractivity (Wildman–Crippen MR) is 58.2 cm³/mol. The van der Waals surface area contributed by atoms with Crippen LogP contribution in [-0.2, 0) is 0 Å². The van der Waals surface area contributed by atoms with E-state index in [4.69, 9.17) is 0 Å². The lowest BCUT2D eigenvalue weighted by Gasteiger charge is -2.20. The van der Waals surface area contributed by atoms with Gasteiger partial charge in [0.2, 0.25) is 0 Å². The summed E-state index contributed by atoms with van der Waals surface area (Å²) in [6.07, 6.45) is -5.27. The maximum absolute atomic E-state index is 13.3. The molecule has 1 N–H and O–H groups in total. The normalized spacial score (nSPS) is 13.8. The van der Waals surface area contributed by atoms with Crippen molar-refractivity contribution in [2.75, 3.05) is 6.54 Å². The van der Waals surface area contributed by atoms with Gasteiger partial charge in [-0.2, -0.15) is 13.2 Å². The third kappa shape index (κ3) is 4.34. The molecule has 0 heterocycles. The van der Waals surface area contributed by atoms with Gasteiger partial charge in [0, 0.05) is 6.04 Å². The summed E-state index contributed by atoms with van der Waals surface area (Å²) >= 11 is 0. The van der Waals surface area contributed by atoms with Gasteiger partial charge in [-0.15, -0.1) is 0 Å². The zero-order valence-electron chi connectivity index (χ0n) is 9.74. The Morgan fingerprint density at radius 3 is 2.41 bits per heavy atom. The molecule has 0 aliphatic heterocycles. The Kier molecular flexibility index (Phi) is 4.51. The number of alkyl halides is 3. The Hall–Kier alpha value is -1.10. The number of nitrogens with one attached hydrogen (secondary N) is 1. The van der Waals surface area contributed by atoms with Crippen LogP contribution in [0.25, 0.3) is 0 Å². The number of hydrogen-bond acceptors (Lipinski definition) is 1. The van der Waals surface area contributed by atoms with Crippen molar-refractivity contribution in [2.45, 2.75) is 32.5 Å². The van der Waals surface area contributed by atoms with Crippen molar-refractivity contribution in [1.82, 2.24) is 5.32 Å². The van der Waals surface area contributed by atoms with Gasteiger partial charge < -0.3 is 5.32 Å². The molecule has 1 rings (SSSR count). The molecule has 1 atom stereocenters. The van der Waals surface area contributed by atoms with E-state index in [1.807, 2.05) is 0 Å². The van der Waals surface area contributed by atoms with Crippen molar-refractivity contribution in [3.8, 4) is 0 Å². The van der Waals surface area contributed by atoms with E-state index in [2.05, 4.69) is 5.32 Å². The van der Waals surface area contributed by atoms with Crippen molar-refractivity contribution in [1.29, 1.82) is 0 Å². The number of rotatable bonds is 4. The highest BCUT2D eigenvalue weighted by Gasteiger charge is 2.32. The van der Waals surface area contributed by atoms with Crippen molar-refractivity contribution in [2.24, 2.45) is 0 Å². The van der Waals surface area contributed by atoms with Gasteiger partial charge in [0.25, 0.3) is 0 Å². The smallest absolute Gasteiger partial charge is 0.310 e. The molecular weight excluding hydrogens is 234 g/mol. The molecule has 1 nitrogen and oxygen atoms in total. The molecule has 0 fully saturated rings. The first kappa shape index (κ1) is 14.0. The van der Waals surface area contributed by atoms with Crippen LogP contribution >= 0.6 is 0 Å². The molecular formula is C12H15F4N. The van der Waals surface area contributed by atoms with E-state index in [9.17, 15) is 17.6 Å². The van der Waals surface area contributed by atoms with Gasteiger partial charge in [0.1, 0.15) is 5.82 Å². The summed E-state index contributed by atoms with van der Waals surface area (Å²) < 4.78 is 50.4. The van der Waals surface area contributed by atoms with Gasteiger partial charge in [-0.1, -0.05) is 19.1 Å². The van der Waals surface area contributed by atoms with Crippen molar-refractivity contribution in [3.63, 3.8) is 0 Å². The van der Waals surface area contributed by atoms with Gasteiger partial charge in [0.15, 0.2) is 0 Å². The SMILES string of the molecule is CCNC(CC(F)(F)F)c1ccc(C)c(F)c1. The third-order valence-electron chi connectivity index (χ3n) is 2.48. The Morgan fingerprint density at radius 1 is 1.29 bits per heavy atom. The Bertz CT molecular complexity index is 373. The Morgan fingerprint density at radius 2 is 1.94 bits per heavy atom. The topological polar surface area (TPSA) is 12.0 Å². The van der Waals surface area contributed by atoms with E-state index in [0.29, 0.717) is 17.7 Å². The minimum Gasteiger partial charge on any atom is -0.310 e. The van der Waals surface area contributed by atoms with Crippen LogP contribution in [0.2, 0.25) is 0 Å². The molecule has 17 heavy (non-hydrogen) atoms. The zero-order valence-corrected chi connectivity index (χ0v) is 9.74.